The van der Waals surface area contributed by atoms with Crippen molar-refractivity contribution >= 4 is 11.3 Å². The van der Waals surface area contributed by atoms with E-state index in [0.717, 1.165) is 11.1 Å². The highest BCUT2D eigenvalue weighted by Gasteiger charge is 2.18. The molecule has 3 aromatic rings. The molecule has 6 nitrogen and oxygen atoms in total. The number of phenols is 1. The zero-order valence-corrected chi connectivity index (χ0v) is 14.3. The number of aromatic hydroxyl groups is 1. The molecule has 0 bridgehead atoms. The van der Waals surface area contributed by atoms with Gasteiger partial charge in [0.25, 0.3) is 0 Å². The van der Waals surface area contributed by atoms with Gasteiger partial charge in [-0.1, -0.05) is 19.3 Å². The summed E-state index contributed by atoms with van der Waals surface area (Å²) in [7, 11) is 0. The molecular formula is C19H22N4O2. The van der Waals surface area contributed by atoms with E-state index in [1.165, 1.54) is 32.1 Å². The number of H-pyrrole nitrogens is 1. The van der Waals surface area contributed by atoms with E-state index in [-0.39, 0.29) is 11.4 Å². The molecule has 25 heavy (non-hydrogen) atoms. The number of hydrogen-bond donors (Lipinski definition) is 2. The number of nitrogens with one attached hydrogen (secondary N) is 1. The van der Waals surface area contributed by atoms with Gasteiger partial charge in [0.1, 0.15) is 5.75 Å². The van der Waals surface area contributed by atoms with Crippen LogP contribution in [-0.2, 0) is 6.54 Å². The molecule has 0 radical (unpaired) electrons. The van der Waals surface area contributed by atoms with Gasteiger partial charge in [-0.15, -0.1) is 0 Å². The first kappa shape index (κ1) is 15.9. The predicted octanol–water partition coefficient (Wildman–Crippen LogP) is 3.38. The van der Waals surface area contributed by atoms with Crippen molar-refractivity contribution in [1.82, 2.24) is 19.5 Å². The van der Waals surface area contributed by atoms with Crippen LogP contribution in [0.5, 0.6) is 5.75 Å². The molecule has 4 rings (SSSR count). The number of imidazole rings is 1. The molecule has 2 N–H and O–H groups in total. The molecule has 0 unspecified atom stereocenters. The number of aryl methyl sites for hydroxylation is 1. The molecule has 130 valence electrons. The number of fused-ring (bicyclic) bond motifs is 1. The van der Waals surface area contributed by atoms with Gasteiger partial charge in [-0.2, -0.15) is 0 Å². The van der Waals surface area contributed by atoms with E-state index >= 15 is 0 Å². The first-order valence-corrected chi connectivity index (χ1v) is 8.87. The summed E-state index contributed by atoms with van der Waals surface area (Å²) >= 11 is 0. The smallest absolute Gasteiger partial charge is 0.328 e. The maximum absolute atomic E-state index is 12.4. The summed E-state index contributed by atoms with van der Waals surface area (Å²) in [5.74, 6) is 0.762. The summed E-state index contributed by atoms with van der Waals surface area (Å²) < 4.78 is 1.73. The van der Waals surface area contributed by atoms with Crippen LogP contribution < -0.4 is 5.69 Å². The maximum Gasteiger partial charge on any atom is 0.328 e. The normalized spacial score (nSPS) is 15.7. The van der Waals surface area contributed by atoms with Crippen LogP contribution in [0.2, 0.25) is 0 Å². The average molecular weight is 338 g/mol. The summed E-state index contributed by atoms with van der Waals surface area (Å²) in [6.45, 7) is 2.62. The second-order valence-corrected chi connectivity index (χ2v) is 6.97. The third kappa shape index (κ3) is 3.04. The van der Waals surface area contributed by atoms with Gasteiger partial charge in [0.2, 0.25) is 0 Å². The molecule has 6 heteroatoms. The molecule has 0 aliphatic heterocycles. The van der Waals surface area contributed by atoms with Crippen LogP contribution in [-0.4, -0.2) is 24.6 Å². The molecule has 0 spiro atoms. The highest BCUT2D eigenvalue weighted by molar-refractivity contribution is 5.72. The van der Waals surface area contributed by atoms with Crippen molar-refractivity contribution in [2.75, 3.05) is 0 Å². The molecule has 0 atom stereocenters. The van der Waals surface area contributed by atoms with Gasteiger partial charge in [-0.05, 0) is 49.4 Å². The zero-order chi connectivity index (χ0) is 17.4. The highest BCUT2D eigenvalue weighted by Crippen LogP contribution is 2.27. The summed E-state index contributed by atoms with van der Waals surface area (Å²) in [6.07, 6.45) is 7.79. The van der Waals surface area contributed by atoms with Crippen molar-refractivity contribution in [2.45, 2.75) is 45.6 Å². The maximum atomic E-state index is 12.4. The Bertz CT molecular complexity index is 967. The number of benzene rings is 1. The molecule has 1 aromatic carbocycles. The molecule has 2 heterocycles. The van der Waals surface area contributed by atoms with Gasteiger partial charge in [0.15, 0.2) is 11.3 Å². The van der Waals surface area contributed by atoms with E-state index in [2.05, 4.69) is 9.97 Å². The van der Waals surface area contributed by atoms with E-state index in [1.807, 2.05) is 13.0 Å². The molecular weight excluding hydrogens is 316 g/mol. The van der Waals surface area contributed by atoms with Gasteiger partial charge in [-0.3, -0.25) is 9.55 Å². The number of nitrogens with zero attached hydrogens (tertiary/aromatic N) is 3. The molecule has 1 aliphatic rings. The molecule has 0 saturated heterocycles. The minimum Gasteiger partial charge on any atom is -0.508 e. The van der Waals surface area contributed by atoms with Crippen LogP contribution >= 0.6 is 0 Å². The first-order chi connectivity index (χ1) is 12.1. The van der Waals surface area contributed by atoms with Crippen LogP contribution in [0.15, 0.2) is 29.2 Å². The Labute approximate surface area is 145 Å². The average Bonchev–Trinajstić information content (AvgIpc) is 2.91. The Morgan fingerprint density at radius 2 is 2.08 bits per heavy atom. The van der Waals surface area contributed by atoms with Crippen LogP contribution in [0.4, 0.5) is 0 Å². The Kier molecular flexibility index (Phi) is 4.03. The lowest BCUT2D eigenvalue weighted by molar-refractivity contribution is 0.319. The molecule has 1 fully saturated rings. The van der Waals surface area contributed by atoms with Gasteiger partial charge < -0.3 is 5.11 Å². The quantitative estimate of drug-likeness (QED) is 0.767. The molecule has 2 aromatic heterocycles. The largest absolute Gasteiger partial charge is 0.508 e. The van der Waals surface area contributed by atoms with Gasteiger partial charge >= 0.3 is 5.69 Å². The minimum absolute atomic E-state index is 0.139. The van der Waals surface area contributed by atoms with Crippen LogP contribution in [0.1, 0.15) is 37.7 Å². The second-order valence-electron chi connectivity index (χ2n) is 6.97. The van der Waals surface area contributed by atoms with Crippen LogP contribution in [0.25, 0.3) is 22.6 Å². The Balaban J connectivity index is 1.76. The van der Waals surface area contributed by atoms with Crippen LogP contribution in [0, 0.1) is 12.8 Å². The molecule has 0 amide bonds. The van der Waals surface area contributed by atoms with Crippen molar-refractivity contribution in [3.8, 4) is 17.0 Å². The third-order valence-corrected chi connectivity index (χ3v) is 5.13. The van der Waals surface area contributed by atoms with Gasteiger partial charge in [0, 0.05) is 12.1 Å². The SMILES string of the molecule is Cc1cc(O)ccc1-c1cnc2[nH]c(=O)n(CC3CCCCC3)c2n1. The number of aromatic amines is 1. The fourth-order valence-corrected chi connectivity index (χ4v) is 3.78. The monoisotopic (exact) mass is 338 g/mol. The van der Waals surface area contributed by atoms with Crippen LogP contribution in [0.3, 0.4) is 0 Å². The van der Waals surface area contributed by atoms with Crippen molar-refractivity contribution in [1.29, 1.82) is 0 Å². The van der Waals surface area contributed by atoms with Gasteiger partial charge in [0.05, 0.1) is 11.9 Å². The lowest BCUT2D eigenvalue weighted by Crippen LogP contribution is -2.23. The summed E-state index contributed by atoms with van der Waals surface area (Å²) in [6, 6.07) is 5.17. The van der Waals surface area contributed by atoms with Crippen molar-refractivity contribution < 1.29 is 5.11 Å². The number of rotatable bonds is 3. The van der Waals surface area contributed by atoms with Crippen molar-refractivity contribution in [3.63, 3.8) is 0 Å². The highest BCUT2D eigenvalue weighted by atomic mass is 16.3. The Morgan fingerprint density at radius 1 is 1.28 bits per heavy atom. The lowest BCUT2D eigenvalue weighted by Gasteiger charge is -2.21. The first-order valence-electron chi connectivity index (χ1n) is 8.87. The zero-order valence-electron chi connectivity index (χ0n) is 14.3. The van der Waals surface area contributed by atoms with Gasteiger partial charge in [-0.25, -0.2) is 14.8 Å². The number of aromatic nitrogens is 4. The third-order valence-electron chi connectivity index (χ3n) is 5.13. The summed E-state index contributed by atoms with van der Waals surface area (Å²) in [5, 5.41) is 9.60. The summed E-state index contributed by atoms with van der Waals surface area (Å²) in [5.41, 5.74) is 3.54. The summed E-state index contributed by atoms with van der Waals surface area (Å²) in [4.78, 5) is 24.3. The topological polar surface area (TPSA) is 83.8 Å². The molecule has 1 aliphatic carbocycles. The minimum atomic E-state index is -0.139. The van der Waals surface area contributed by atoms with E-state index in [0.29, 0.717) is 29.5 Å². The Hall–Kier alpha value is -2.63. The van der Waals surface area contributed by atoms with E-state index < -0.39 is 0 Å². The van der Waals surface area contributed by atoms with E-state index in [9.17, 15) is 9.90 Å². The van der Waals surface area contributed by atoms with Crippen molar-refractivity contribution in [2.24, 2.45) is 5.92 Å². The number of phenolic OH excluding ortho intramolecular Hbond substituents is 1. The second kappa shape index (κ2) is 6.35. The predicted molar refractivity (Wildman–Crippen MR) is 96.6 cm³/mol. The van der Waals surface area contributed by atoms with E-state index in [1.54, 1.807) is 22.9 Å². The fourth-order valence-electron chi connectivity index (χ4n) is 3.78. The van der Waals surface area contributed by atoms with E-state index in [4.69, 9.17) is 4.98 Å². The van der Waals surface area contributed by atoms with Crippen molar-refractivity contribution in [3.05, 3.63) is 40.4 Å². The molecule has 1 saturated carbocycles. The number of hydrogen-bond acceptors (Lipinski definition) is 4. The lowest BCUT2D eigenvalue weighted by atomic mass is 9.89. The standard InChI is InChI=1S/C19H22N4O2/c1-12-9-14(24)7-8-15(12)16-10-20-17-18(21-16)23(19(25)22-17)11-13-5-3-2-4-6-13/h7-10,13,24H,2-6,11H2,1H3,(H,20,22,25). The Morgan fingerprint density at radius 3 is 2.84 bits per heavy atom. The fraction of sp³-hybridized carbons (Fsp3) is 0.421.